The second-order valence-corrected chi connectivity index (χ2v) is 7.00. The summed E-state index contributed by atoms with van der Waals surface area (Å²) in [5.74, 6) is -1.42. The van der Waals surface area contributed by atoms with Gasteiger partial charge in [-0.3, -0.25) is 4.79 Å². The third-order valence-electron chi connectivity index (χ3n) is 4.37. The van der Waals surface area contributed by atoms with Crippen LogP contribution in [0.15, 0.2) is 41.2 Å². The Morgan fingerprint density at radius 3 is 2.68 bits per heavy atom. The van der Waals surface area contributed by atoms with E-state index in [0.717, 1.165) is 16.8 Å². The molecule has 0 aliphatic rings. The number of hydrogen-bond donors (Lipinski definition) is 1. The standard InChI is InChI=1S/C21H15ClF3N3O3/c1-11-4-15(27-28(10-29)21(11)30)7-13-2-3-17(22)19(18(13)23)31-16-6-12(9-26)5-14(8-16)20(24)25/h2-6,8,20,29H,7,10H2,1H3. The van der Waals surface area contributed by atoms with Crippen LogP contribution >= 0.6 is 11.6 Å². The third-order valence-corrected chi connectivity index (χ3v) is 4.67. The summed E-state index contributed by atoms with van der Waals surface area (Å²) in [5.41, 5.74) is -0.263. The molecule has 6 nitrogen and oxygen atoms in total. The van der Waals surface area contributed by atoms with Gasteiger partial charge < -0.3 is 9.84 Å². The van der Waals surface area contributed by atoms with Crippen molar-refractivity contribution in [2.45, 2.75) is 26.5 Å². The van der Waals surface area contributed by atoms with Gasteiger partial charge in [-0.2, -0.15) is 10.4 Å². The molecule has 1 N–H and O–H groups in total. The number of benzene rings is 2. The molecule has 31 heavy (non-hydrogen) atoms. The van der Waals surface area contributed by atoms with E-state index in [9.17, 15) is 18.7 Å². The molecule has 0 saturated heterocycles. The van der Waals surface area contributed by atoms with E-state index in [-0.39, 0.29) is 28.3 Å². The molecule has 0 aliphatic heterocycles. The van der Waals surface area contributed by atoms with E-state index in [2.05, 4.69) is 5.10 Å². The van der Waals surface area contributed by atoms with Gasteiger partial charge >= 0.3 is 0 Å². The highest BCUT2D eigenvalue weighted by atomic mass is 35.5. The maximum absolute atomic E-state index is 15.1. The summed E-state index contributed by atoms with van der Waals surface area (Å²) in [6.45, 7) is 0.905. The van der Waals surface area contributed by atoms with Crippen LogP contribution in [0, 0.1) is 24.1 Å². The molecular weight excluding hydrogens is 435 g/mol. The van der Waals surface area contributed by atoms with Crippen LogP contribution in [0.1, 0.15) is 34.4 Å². The molecule has 3 rings (SSSR count). The maximum atomic E-state index is 15.1. The number of aromatic nitrogens is 2. The average molecular weight is 450 g/mol. The Labute approximate surface area is 179 Å². The lowest BCUT2D eigenvalue weighted by atomic mass is 10.1. The number of aryl methyl sites for hydroxylation is 1. The first kappa shape index (κ1) is 22.3. The predicted octanol–water partition coefficient (Wildman–Crippen LogP) is 4.49. The van der Waals surface area contributed by atoms with Gasteiger partial charge in [0, 0.05) is 17.5 Å². The first-order valence-corrected chi connectivity index (χ1v) is 9.27. The first-order valence-electron chi connectivity index (χ1n) is 8.90. The van der Waals surface area contributed by atoms with Crippen molar-refractivity contribution in [3.05, 3.63) is 85.5 Å². The van der Waals surface area contributed by atoms with Crippen molar-refractivity contribution in [1.29, 1.82) is 5.26 Å². The molecule has 160 valence electrons. The largest absolute Gasteiger partial charge is 0.453 e. The molecule has 3 aromatic rings. The molecule has 0 fully saturated rings. The Bertz CT molecular complexity index is 1240. The monoisotopic (exact) mass is 449 g/mol. The summed E-state index contributed by atoms with van der Waals surface area (Å²) in [6, 6.07) is 9.17. The smallest absolute Gasteiger partial charge is 0.271 e. The van der Waals surface area contributed by atoms with Crippen molar-refractivity contribution in [3.8, 4) is 17.6 Å². The van der Waals surface area contributed by atoms with E-state index >= 15 is 4.39 Å². The van der Waals surface area contributed by atoms with Gasteiger partial charge in [0.15, 0.2) is 11.6 Å². The van der Waals surface area contributed by atoms with Gasteiger partial charge in [-0.25, -0.2) is 17.9 Å². The summed E-state index contributed by atoms with van der Waals surface area (Å²) >= 11 is 6.05. The van der Waals surface area contributed by atoms with Crippen molar-refractivity contribution in [2.24, 2.45) is 0 Å². The molecule has 2 aromatic carbocycles. The molecule has 10 heteroatoms. The van der Waals surface area contributed by atoms with Gasteiger partial charge in [0.25, 0.3) is 12.0 Å². The fraction of sp³-hybridized carbons (Fsp3) is 0.190. The predicted molar refractivity (Wildman–Crippen MR) is 106 cm³/mol. The summed E-state index contributed by atoms with van der Waals surface area (Å²) < 4.78 is 47.6. The lowest BCUT2D eigenvalue weighted by molar-refractivity contribution is 0.151. The van der Waals surface area contributed by atoms with Crippen molar-refractivity contribution in [1.82, 2.24) is 9.78 Å². The first-order chi connectivity index (χ1) is 14.7. The molecule has 0 amide bonds. The molecule has 0 bridgehead atoms. The lowest BCUT2D eigenvalue weighted by Gasteiger charge is -2.13. The van der Waals surface area contributed by atoms with E-state index in [1.54, 1.807) is 6.07 Å². The van der Waals surface area contributed by atoms with Crippen molar-refractivity contribution >= 4 is 11.6 Å². The minimum absolute atomic E-state index is 0.0546. The maximum Gasteiger partial charge on any atom is 0.271 e. The quantitative estimate of drug-likeness (QED) is 0.599. The molecule has 1 heterocycles. The van der Waals surface area contributed by atoms with E-state index in [1.807, 2.05) is 0 Å². The highest BCUT2D eigenvalue weighted by Crippen LogP contribution is 2.36. The van der Waals surface area contributed by atoms with E-state index in [1.165, 1.54) is 31.2 Å². The van der Waals surface area contributed by atoms with E-state index in [4.69, 9.17) is 21.6 Å². The third kappa shape index (κ3) is 4.87. The van der Waals surface area contributed by atoms with Crippen LogP contribution in [-0.2, 0) is 13.2 Å². The Morgan fingerprint density at radius 2 is 2.03 bits per heavy atom. The van der Waals surface area contributed by atoms with Crippen LogP contribution in [0.4, 0.5) is 13.2 Å². The molecule has 0 radical (unpaired) electrons. The number of hydrogen-bond acceptors (Lipinski definition) is 5. The Hall–Kier alpha value is -3.35. The summed E-state index contributed by atoms with van der Waals surface area (Å²) in [5, 5.41) is 22.2. The fourth-order valence-corrected chi connectivity index (χ4v) is 3.10. The Balaban J connectivity index is 1.99. The van der Waals surface area contributed by atoms with E-state index in [0.29, 0.717) is 11.3 Å². The zero-order chi connectivity index (χ0) is 22.7. The van der Waals surface area contributed by atoms with Crippen LogP contribution in [-0.4, -0.2) is 14.9 Å². The molecule has 0 saturated carbocycles. The van der Waals surface area contributed by atoms with Gasteiger partial charge in [0.05, 0.1) is 22.3 Å². The number of alkyl halides is 2. The number of aliphatic hydroxyl groups excluding tert-OH is 1. The average Bonchev–Trinajstić information content (AvgIpc) is 2.75. The Morgan fingerprint density at radius 1 is 1.29 bits per heavy atom. The SMILES string of the molecule is Cc1cc(Cc2ccc(Cl)c(Oc3cc(C#N)cc(C(F)F)c3)c2F)nn(CO)c1=O. The molecule has 0 atom stereocenters. The van der Waals surface area contributed by atoms with Crippen LogP contribution in [0.3, 0.4) is 0 Å². The molecule has 0 unspecified atom stereocenters. The van der Waals surface area contributed by atoms with Crippen LogP contribution < -0.4 is 10.3 Å². The fourth-order valence-electron chi connectivity index (χ4n) is 2.91. The number of nitriles is 1. The number of ether oxygens (including phenoxy) is 1. The van der Waals surface area contributed by atoms with Gasteiger partial charge in [0.2, 0.25) is 0 Å². The summed E-state index contributed by atoms with van der Waals surface area (Å²) in [7, 11) is 0. The topological polar surface area (TPSA) is 88.1 Å². The molecule has 0 spiro atoms. The normalized spacial score (nSPS) is 10.9. The van der Waals surface area contributed by atoms with Crippen molar-refractivity contribution in [3.63, 3.8) is 0 Å². The minimum Gasteiger partial charge on any atom is -0.453 e. The number of halogens is 4. The molecular formula is C21H15ClF3N3O3. The number of rotatable bonds is 6. The molecule has 0 aliphatic carbocycles. The van der Waals surface area contributed by atoms with Gasteiger partial charge in [-0.15, -0.1) is 0 Å². The second-order valence-electron chi connectivity index (χ2n) is 6.60. The number of aliphatic hydroxyl groups is 1. The van der Waals surface area contributed by atoms with Crippen LogP contribution in [0.5, 0.6) is 11.5 Å². The van der Waals surface area contributed by atoms with Crippen LogP contribution in [0.25, 0.3) is 0 Å². The van der Waals surface area contributed by atoms with Crippen LogP contribution in [0.2, 0.25) is 5.02 Å². The second kappa shape index (κ2) is 9.20. The van der Waals surface area contributed by atoms with Crippen molar-refractivity contribution < 1.29 is 23.0 Å². The highest BCUT2D eigenvalue weighted by molar-refractivity contribution is 6.32. The summed E-state index contributed by atoms with van der Waals surface area (Å²) in [6.07, 6.45) is -2.90. The van der Waals surface area contributed by atoms with Gasteiger partial charge in [-0.05, 0) is 42.8 Å². The van der Waals surface area contributed by atoms with Gasteiger partial charge in [-0.1, -0.05) is 17.7 Å². The zero-order valence-electron chi connectivity index (χ0n) is 16.1. The van der Waals surface area contributed by atoms with Crippen molar-refractivity contribution in [2.75, 3.05) is 0 Å². The summed E-state index contributed by atoms with van der Waals surface area (Å²) in [4.78, 5) is 11.9. The van der Waals surface area contributed by atoms with E-state index < -0.39 is 35.8 Å². The Kier molecular flexibility index (Phi) is 6.63. The van der Waals surface area contributed by atoms with Gasteiger partial charge in [0.1, 0.15) is 12.5 Å². The molecule has 1 aromatic heterocycles. The minimum atomic E-state index is -2.85. The lowest BCUT2D eigenvalue weighted by Crippen LogP contribution is -2.26. The highest BCUT2D eigenvalue weighted by Gasteiger charge is 2.18. The number of nitrogens with zero attached hydrogens (tertiary/aromatic N) is 3. The zero-order valence-corrected chi connectivity index (χ0v) is 16.8.